The van der Waals surface area contributed by atoms with Crippen LogP contribution >= 0.6 is 15.9 Å². The number of nitrogens with zero attached hydrogens (tertiary/aromatic N) is 1. The predicted octanol–water partition coefficient (Wildman–Crippen LogP) is 3.20. The molecule has 92 valence electrons. The van der Waals surface area contributed by atoms with Crippen LogP contribution in [0.3, 0.4) is 0 Å². The van der Waals surface area contributed by atoms with E-state index >= 15 is 0 Å². The smallest absolute Gasteiger partial charge is 0.160 e. The molecule has 0 aromatic heterocycles. The van der Waals surface area contributed by atoms with Gasteiger partial charge in [-0.3, -0.25) is 0 Å². The Morgan fingerprint density at radius 1 is 1.47 bits per heavy atom. The number of anilines is 1. The molecule has 17 heavy (non-hydrogen) atoms. The van der Waals surface area contributed by atoms with E-state index in [1.54, 1.807) is 0 Å². The van der Waals surface area contributed by atoms with Gasteiger partial charge in [-0.15, -0.1) is 0 Å². The number of benzene rings is 1. The van der Waals surface area contributed by atoms with Gasteiger partial charge in [-0.1, -0.05) is 17.7 Å². The lowest BCUT2D eigenvalue weighted by molar-refractivity contribution is 0.608. The largest absolute Gasteiger partial charge is 0.365 e. The van der Waals surface area contributed by atoms with Crippen LogP contribution in [-0.4, -0.2) is 13.1 Å². The topological polar surface area (TPSA) is 29.3 Å². The Bertz CT molecular complexity index is 457. The van der Waals surface area contributed by atoms with Crippen molar-refractivity contribution >= 4 is 21.6 Å². The van der Waals surface area contributed by atoms with Crippen LogP contribution in [-0.2, 0) is 6.54 Å². The van der Waals surface area contributed by atoms with E-state index in [1.807, 2.05) is 17.0 Å². The van der Waals surface area contributed by atoms with Gasteiger partial charge < -0.3 is 10.6 Å². The zero-order valence-corrected chi connectivity index (χ0v) is 11.4. The van der Waals surface area contributed by atoms with E-state index in [2.05, 4.69) is 28.9 Å². The van der Waals surface area contributed by atoms with E-state index < -0.39 is 0 Å². The van der Waals surface area contributed by atoms with E-state index in [1.165, 1.54) is 5.57 Å². The summed E-state index contributed by atoms with van der Waals surface area (Å²) >= 11 is 3.27. The van der Waals surface area contributed by atoms with Crippen LogP contribution in [0, 0.1) is 5.82 Å². The molecule has 2 nitrogen and oxygen atoms in total. The summed E-state index contributed by atoms with van der Waals surface area (Å²) in [5.41, 5.74) is 8.37. The van der Waals surface area contributed by atoms with Crippen LogP contribution in [0.15, 0.2) is 28.3 Å². The molecule has 2 rings (SSSR count). The molecule has 0 bridgehead atoms. The van der Waals surface area contributed by atoms with Crippen LogP contribution < -0.4 is 10.6 Å². The second kappa shape index (κ2) is 5.19. The molecule has 1 aliphatic rings. The first kappa shape index (κ1) is 12.6. The van der Waals surface area contributed by atoms with Gasteiger partial charge in [0.1, 0.15) is 0 Å². The molecule has 0 saturated heterocycles. The minimum absolute atomic E-state index is 0.207. The predicted molar refractivity (Wildman–Crippen MR) is 72.6 cm³/mol. The molecule has 1 aromatic rings. The Balaban J connectivity index is 2.31. The van der Waals surface area contributed by atoms with Crippen molar-refractivity contribution < 1.29 is 4.39 Å². The van der Waals surface area contributed by atoms with Gasteiger partial charge in [-0.25, -0.2) is 4.39 Å². The molecule has 0 unspecified atom stereocenters. The third kappa shape index (κ3) is 2.53. The fourth-order valence-electron chi connectivity index (χ4n) is 1.97. The van der Waals surface area contributed by atoms with Gasteiger partial charge in [0.05, 0.1) is 10.2 Å². The molecule has 1 heterocycles. The van der Waals surface area contributed by atoms with E-state index in [4.69, 9.17) is 5.73 Å². The lowest BCUT2D eigenvalue weighted by Crippen LogP contribution is -2.29. The molecule has 1 aliphatic heterocycles. The lowest BCUT2D eigenvalue weighted by atomic mass is 10.1. The Kier molecular flexibility index (Phi) is 3.84. The summed E-state index contributed by atoms with van der Waals surface area (Å²) in [7, 11) is 0. The average Bonchev–Trinajstić information content (AvgIpc) is 2.34. The highest BCUT2D eigenvalue weighted by Crippen LogP contribution is 2.30. The standard InChI is InChI=1S/C13H16BrFN2/c1-9-4-6-17(7-5-9)11-3-2-10(8-16)12(14)13(11)15/h2-4H,5-8,16H2,1H3. The maximum Gasteiger partial charge on any atom is 0.160 e. The summed E-state index contributed by atoms with van der Waals surface area (Å²) in [6.07, 6.45) is 3.14. The molecule has 0 fully saturated rings. The summed E-state index contributed by atoms with van der Waals surface area (Å²) in [6, 6.07) is 3.70. The summed E-state index contributed by atoms with van der Waals surface area (Å²) in [5.74, 6) is -0.207. The lowest BCUT2D eigenvalue weighted by Gasteiger charge is -2.28. The molecule has 4 heteroatoms. The maximum absolute atomic E-state index is 14.2. The van der Waals surface area contributed by atoms with E-state index in [9.17, 15) is 4.39 Å². The van der Waals surface area contributed by atoms with E-state index in [-0.39, 0.29) is 5.82 Å². The molecule has 0 aliphatic carbocycles. The number of nitrogens with two attached hydrogens (primary N) is 1. The first-order valence-corrected chi connectivity index (χ1v) is 6.50. The van der Waals surface area contributed by atoms with E-state index in [0.29, 0.717) is 16.7 Å². The van der Waals surface area contributed by atoms with Crippen molar-refractivity contribution in [1.29, 1.82) is 0 Å². The highest BCUT2D eigenvalue weighted by Gasteiger charge is 2.17. The molecule has 2 N–H and O–H groups in total. The van der Waals surface area contributed by atoms with Crippen molar-refractivity contribution in [1.82, 2.24) is 0 Å². The summed E-state index contributed by atoms with van der Waals surface area (Å²) < 4.78 is 14.7. The quantitative estimate of drug-likeness (QED) is 0.850. The molecular weight excluding hydrogens is 283 g/mol. The SMILES string of the molecule is CC1=CCN(c2ccc(CN)c(Br)c2F)CC1. The van der Waals surface area contributed by atoms with Gasteiger partial charge in [0.15, 0.2) is 5.82 Å². The van der Waals surface area contributed by atoms with Gasteiger partial charge in [-0.2, -0.15) is 0 Å². The number of hydrogen-bond acceptors (Lipinski definition) is 2. The Hall–Kier alpha value is -0.870. The number of hydrogen-bond donors (Lipinski definition) is 1. The fraction of sp³-hybridized carbons (Fsp3) is 0.385. The first-order valence-electron chi connectivity index (χ1n) is 5.71. The molecular formula is C13H16BrFN2. The third-order valence-electron chi connectivity index (χ3n) is 3.14. The van der Waals surface area contributed by atoms with Crippen molar-refractivity contribution in [2.24, 2.45) is 5.73 Å². The van der Waals surface area contributed by atoms with Crippen LogP contribution in [0.5, 0.6) is 0 Å². The Morgan fingerprint density at radius 2 is 2.24 bits per heavy atom. The van der Waals surface area contributed by atoms with Crippen LogP contribution in [0.25, 0.3) is 0 Å². The molecule has 0 amide bonds. The summed E-state index contributed by atoms with van der Waals surface area (Å²) in [6.45, 7) is 4.10. The van der Waals surface area contributed by atoms with Gasteiger partial charge in [0, 0.05) is 19.6 Å². The highest BCUT2D eigenvalue weighted by molar-refractivity contribution is 9.10. The van der Waals surface area contributed by atoms with E-state index in [0.717, 1.165) is 25.1 Å². The van der Waals surface area contributed by atoms with Crippen LogP contribution in [0.2, 0.25) is 0 Å². The number of rotatable bonds is 2. The molecule has 0 spiro atoms. The third-order valence-corrected chi connectivity index (χ3v) is 4.00. The molecule has 1 aromatic carbocycles. The van der Waals surface area contributed by atoms with Gasteiger partial charge in [0.25, 0.3) is 0 Å². The minimum atomic E-state index is -0.207. The average molecular weight is 299 g/mol. The molecule has 0 radical (unpaired) electrons. The van der Waals surface area contributed by atoms with Gasteiger partial charge in [-0.05, 0) is 40.9 Å². The Morgan fingerprint density at radius 3 is 2.82 bits per heavy atom. The first-order chi connectivity index (χ1) is 8.13. The number of halogens is 2. The van der Waals surface area contributed by atoms with Gasteiger partial charge in [0.2, 0.25) is 0 Å². The van der Waals surface area contributed by atoms with Gasteiger partial charge >= 0.3 is 0 Å². The highest BCUT2D eigenvalue weighted by atomic mass is 79.9. The zero-order valence-electron chi connectivity index (χ0n) is 9.84. The fourth-order valence-corrected chi connectivity index (χ4v) is 2.47. The van der Waals surface area contributed by atoms with Crippen molar-refractivity contribution in [3.63, 3.8) is 0 Å². The van der Waals surface area contributed by atoms with Crippen molar-refractivity contribution in [2.75, 3.05) is 18.0 Å². The minimum Gasteiger partial charge on any atom is -0.365 e. The van der Waals surface area contributed by atoms with Crippen molar-refractivity contribution in [3.05, 3.63) is 39.6 Å². The summed E-state index contributed by atoms with van der Waals surface area (Å²) in [5, 5.41) is 0. The second-order valence-electron chi connectivity index (χ2n) is 4.32. The van der Waals surface area contributed by atoms with Crippen molar-refractivity contribution in [2.45, 2.75) is 19.9 Å². The normalized spacial score (nSPS) is 16.0. The monoisotopic (exact) mass is 298 g/mol. The maximum atomic E-state index is 14.2. The van der Waals surface area contributed by atoms with Crippen LogP contribution in [0.1, 0.15) is 18.9 Å². The Labute approximate surface area is 109 Å². The second-order valence-corrected chi connectivity index (χ2v) is 5.12. The van der Waals surface area contributed by atoms with Crippen LogP contribution in [0.4, 0.5) is 10.1 Å². The summed E-state index contributed by atoms with van der Waals surface area (Å²) in [4.78, 5) is 2.05. The molecule has 0 atom stereocenters. The zero-order chi connectivity index (χ0) is 12.4. The molecule has 0 saturated carbocycles. The van der Waals surface area contributed by atoms with Crippen molar-refractivity contribution in [3.8, 4) is 0 Å².